The molecule has 0 aromatic heterocycles. The van der Waals surface area contributed by atoms with Gasteiger partial charge in [-0.2, -0.15) is 5.26 Å². The Morgan fingerprint density at radius 3 is 2.52 bits per heavy atom. The van der Waals surface area contributed by atoms with Gasteiger partial charge in [-0.05, 0) is 17.9 Å². The summed E-state index contributed by atoms with van der Waals surface area (Å²) in [5.41, 5.74) is 1.74. The zero-order valence-electron chi connectivity index (χ0n) is 15.1. The number of nitriles is 1. The first kappa shape index (κ1) is 18.7. The highest BCUT2D eigenvalue weighted by atomic mass is 16.4. The minimum atomic E-state index is -0.917. The van der Waals surface area contributed by atoms with Crippen LogP contribution in [0.25, 0.3) is 0 Å². The van der Waals surface area contributed by atoms with Gasteiger partial charge in [0, 0.05) is 19.0 Å². The van der Waals surface area contributed by atoms with Gasteiger partial charge in [-0.3, -0.25) is 9.59 Å². The number of hydrogen-bond donors (Lipinski definition) is 1. The average Bonchev–Trinajstić information content (AvgIpc) is 2.96. The van der Waals surface area contributed by atoms with E-state index in [1.807, 2.05) is 58.0 Å². The summed E-state index contributed by atoms with van der Waals surface area (Å²) < 4.78 is 0. The van der Waals surface area contributed by atoms with Crippen molar-refractivity contribution < 1.29 is 14.7 Å². The Hall–Kier alpha value is -2.61. The molecule has 25 heavy (non-hydrogen) atoms. The van der Waals surface area contributed by atoms with Crippen LogP contribution in [0.3, 0.4) is 0 Å². The van der Waals surface area contributed by atoms with Gasteiger partial charge < -0.3 is 10.0 Å². The summed E-state index contributed by atoms with van der Waals surface area (Å²) in [6.07, 6.45) is 1.64. The van der Waals surface area contributed by atoms with E-state index in [-0.39, 0.29) is 29.4 Å². The quantitative estimate of drug-likeness (QED) is 0.677. The van der Waals surface area contributed by atoms with Gasteiger partial charge in [0.1, 0.15) is 11.6 Å². The molecule has 2 rings (SSSR count). The maximum absolute atomic E-state index is 12.7. The summed E-state index contributed by atoms with van der Waals surface area (Å²) in [7, 11) is 0. The zero-order valence-corrected chi connectivity index (χ0v) is 15.1. The van der Waals surface area contributed by atoms with Crippen LogP contribution in [-0.4, -0.2) is 35.0 Å². The van der Waals surface area contributed by atoms with E-state index >= 15 is 0 Å². The highest BCUT2D eigenvalue weighted by Gasteiger charge is 2.41. The largest absolute Gasteiger partial charge is 0.481 e. The van der Waals surface area contributed by atoms with Crippen LogP contribution in [0.4, 0.5) is 0 Å². The molecule has 2 unspecified atom stereocenters. The van der Waals surface area contributed by atoms with Crippen LogP contribution in [-0.2, 0) is 9.59 Å². The fraction of sp³-hybridized carbons (Fsp3) is 0.450. The first-order valence-electron chi connectivity index (χ1n) is 8.34. The van der Waals surface area contributed by atoms with Gasteiger partial charge in [0.2, 0.25) is 0 Å². The van der Waals surface area contributed by atoms with Crippen molar-refractivity contribution in [2.75, 3.05) is 13.1 Å². The molecule has 1 aliphatic heterocycles. The molecule has 5 heteroatoms. The highest BCUT2D eigenvalue weighted by Crippen LogP contribution is 2.34. The van der Waals surface area contributed by atoms with E-state index in [4.69, 9.17) is 0 Å². The Labute approximate surface area is 148 Å². The Kier molecular flexibility index (Phi) is 5.32. The third-order valence-electron chi connectivity index (χ3n) is 4.32. The number of likely N-dealkylation sites (tertiary alicyclic amines) is 1. The Balaban J connectivity index is 2.31. The molecular formula is C20H24N2O3. The smallest absolute Gasteiger partial charge is 0.308 e. The molecule has 1 saturated heterocycles. The molecule has 1 fully saturated rings. The molecule has 2 atom stereocenters. The molecule has 1 heterocycles. The number of nitrogens with zero attached hydrogens (tertiary/aromatic N) is 2. The maximum Gasteiger partial charge on any atom is 0.308 e. The van der Waals surface area contributed by atoms with Crippen molar-refractivity contribution in [3.63, 3.8) is 0 Å². The third-order valence-corrected chi connectivity index (χ3v) is 4.32. The first-order chi connectivity index (χ1) is 11.6. The Morgan fingerprint density at radius 2 is 2.00 bits per heavy atom. The van der Waals surface area contributed by atoms with Crippen LogP contribution in [0.2, 0.25) is 0 Å². The van der Waals surface area contributed by atoms with E-state index < -0.39 is 11.9 Å². The lowest BCUT2D eigenvalue weighted by Gasteiger charge is -2.18. The van der Waals surface area contributed by atoms with E-state index in [1.165, 1.54) is 4.90 Å². The number of amides is 1. The van der Waals surface area contributed by atoms with E-state index in [1.54, 1.807) is 6.08 Å². The number of benzene rings is 1. The van der Waals surface area contributed by atoms with Crippen molar-refractivity contribution in [3.05, 3.63) is 47.0 Å². The number of carbonyl (C=O) groups is 2. The lowest BCUT2D eigenvalue weighted by atomic mass is 9.88. The van der Waals surface area contributed by atoms with Gasteiger partial charge in [0.05, 0.1) is 5.92 Å². The maximum atomic E-state index is 12.7. The number of allylic oxidation sites excluding steroid dienone is 1. The Bertz CT molecular complexity index is 753. The standard InChI is InChI=1S/C20H24N2O3/c1-13-6-5-7-14(8-13)16-11-22(12-17(16)19(24)25)18(23)15(10-21)9-20(2,3)4/h5-9,16-17H,11-12H2,1-4H3,(H,24,25)/b15-9-. The summed E-state index contributed by atoms with van der Waals surface area (Å²) in [5, 5.41) is 18.9. The van der Waals surface area contributed by atoms with E-state index in [2.05, 4.69) is 0 Å². The predicted molar refractivity (Wildman–Crippen MR) is 94.8 cm³/mol. The van der Waals surface area contributed by atoms with Gasteiger partial charge >= 0.3 is 5.97 Å². The van der Waals surface area contributed by atoms with Gasteiger partial charge in [-0.15, -0.1) is 0 Å². The minimum Gasteiger partial charge on any atom is -0.481 e. The molecule has 1 aliphatic rings. The first-order valence-corrected chi connectivity index (χ1v) is 8.34. The SMILES string of the molecule is Cc1cccc(C2CN(C(=O)/C(C#N)=C\C(C)(C)C)CC2C(=O)O)c1. The summed E-state index contributed by atoms with van der Waals surface area (Å²) in [6.45, 7) is 8.13. The number of hydrogen-bond acceptors (Lipinski definition) is 3. The van der Waals surface area contributed by atoms with Crippen LogP contribution >= 0.6 is 0 Å². The van der Waals surface area contributed by atoms with Crippen molar-refractivity contribution >= 4 is 11.9 Å². The molecule has 1 amide bonds. The fourth-order valence-electron chi connectivity index (χ4n) is 3.20. The molecule has 0 spiro atoms. The summed E-state index contributed by atoms with van der Waals surface area (Å²) in [6, 6.07) is 9.68. The number of carbonyl (C=O) groups excluding carboxylic acids is 1. The molecule has 0 saturated carbocycles. The normalized spacial score (nSPS) is 21.1. The zero-order chi connectivity index (χ0) is 18.8. The number of carboxylic acids is 1. The Morgan fingerprint density at radius 1 is 1.32 bits per heavy atom. The van der Waals surface area contributed by atoms with E-state index in [0.29, 0.717) is 6.54 Å². The van der Waals surface area contributed by atoms with Crippen molar-refractivity contribution in [2.45, 2.75) is 33.6 Å². The number of carboxylic acid groups (broad SMARTS) is 1. The van der Waals surface area contributed by atoms with Gasteiger partial charge in [-0.25, -0.2) is 0 Å². The molecular weight excluding hydrogens is 316 g/mol. The van der Waals surface area contributed by atoms with Crippen molar-refractivity contribution in [3.8, 4) is 6.07 Å². The molecule has 132 valence electrons. The monoisotopic (exact) mass is 340 g/mol. The number of aryl methyl sites for hydroxylation is 1. The third kappa shape index (κ3) is 4.48. The minimum absolute atomic E-state index is 0.0709. The second kappa shape index (κ2) is 7.10. The number of rotatable bonds is 3. The summed E-state index contributed by atoms with van der Waals surface area (Å²) in [4.78, 5) is 25.9. The van der Waals surface area contributed by atoms with Crippen molar-refractivity contribution in [1.29, 1.82) is 5.26 Å². The van der Waals surface area contributed by atoms with Crippen LogP contribution in [0.15, 0.2) is 35.9 Å². The molecule has 0 aliphatic carbocycles. The summed E-state index contributed by atoms with van der Waals surface area (Å²) in [5.74, 6) is -2.24. The predicted octanol–water partition coefficient (Wildman–Crippen LogP) is 3.12. The van der Waals surface area contributed by atoms with Crippen LogP contribution in [0, 0.1) is 29.6 Å². The molecule has 0 bridgehead atoms. The van der Waals surface area contributed by atoms with Crippen LogP contribution < -0.4 is 0 Å². The van der Waals surface area contributed by atoms with Gasteiger partial charge in [0.25, 0.3) is 5.91 Å². The molecule has 5 nitrogen and oxygen atoms in total. The lowest BCUT2D eigenvalue weighted by Crippen LogP contribution is -2.31. The second-order valence-corrected chi connectivity index (χ2v) is 7.71. The van der Waals surface area contributed by atoms with Gasteiger partial charge in [0.15, 0.2) is 0 Å². The van der Waals surface area contributed by atoms with Crippen LogP contribution in [0.1, 0.15) is 37.8 Å². The molecule has 1 aromatic carbocycles. The fourth-order valence-corrected chi connectivity index (χ4v) is 3.20. The lowest BCUT2D eigenvalue weighted by molar-refractivity contribution is -0.141. The van der Waals surface area contributed by atoms with Crippen molar-refractivity contribution in [1.82, 2.24) is 4.90 Å². The van der Waals surface area contributed by atoms with Crippen LogP contribution in [0.5, 0.6) is 0 Å². The second-order valence-electron chi connectivity index (χ2n) is 7.71. The average molecular weight is 340 g/mol. The van der Waals surface area contributed by atoms with E-state index in [9.17, 15) is 20.0 Å². The van der Waals surface area contributed by atoms with E-state index in [0.717, 1.165) is 11.1 Å². The molecule has 0 radical (unpaired) electrons. The van der Waals surface area contributed by atoms with Gasteiger partial charge in [-0.1, -0.05) is 56.7 Å². The topological polar surface area (TPSA) is 81.4 Å². The number of aliphatic carboxylic acids is 1. The molecule has 1 N–H and O–H groups in total. The summed E-state index contributed by atoms with van der Waals surface area (Å²) >= 11 is 0. The van der Waals surface area contributed by atoms with Crippen molar-refractivity contribution in [2.24, 2.45) is 11.3 Å². The molecule has 1 aromatic rings. The highest BCUT2D eigenvalue weighted by molar-refractivity contribution is 5.98.